The van der Waals surface area contributed by atoms with Crippen molar-refractivity contribution in [3.8, 4) is 17.0 Å². The van der Waals surface area contributed by atoms with E-state index in [4.69, 9.17) is 0 Å². The van der Waals surface area contributed by atoms with E-state index >= 15 is 4.39 Å². The predicted molar refractivity (Wildman–Crippen MR) is 128 cm³/mol. The first-order chi connectivity index (χ1) is 19.4. The average molecular weight is 577 g/mol. The lowest BCUT2D eigenvalue weighted by Crippen LogP contribution is -2.28. The highest BCUT2D eigenvalue weighted by atomic mass is 19.4. The Morgan fingerprint density at radius 3 is 2.63 bits per heavy atom. The average Bonchev–Trinajstić information content (AvgIpc) is 3.41. The highest BCUT2D eigenvalue weighted by Gasteiger charge is 2.45. The number of imidazole rings is 1. The number of halogens is 6. The Bertz CT molecular complexity index is 1750. The number of hydrogen-bond donors (Lipinski definition) is 2. The zero-order chi connectivity index (χ0) is 29.4. The zero-order valence-corrected chi connectivity index (χ0v) is 20.7. The van der Waals surface area contributed by atoms with Crippen molar-refractivity contribution in [3.63, 3.8) is 0 Å². The summed E-state index contributed by atoms with van der Waals surface area (Å²) in [7, 11) is 0. The summed E-state index contributed by atoms with van der Waals surface area (Å²) in [6, 6.07) is 5.70. The molecule has 2 bridgehead atoms. The maximum atomic E-state index is 16.2. The van der Waals surface area contributed by atoms with Crippen LogP contribution < -0.4 is 10.1 Å². The fourth-order valence-corrected chi connectivity index (χ4v) is 5.36. The summed E-state index contributed by atoms with van der Waals surface area (Å²) >= 11 is 0. The SMILES string of the molecule is CC(O)C(=O)c1ncc(C(F)(F)F)c(-c2c(F)c(OC(F)F)cc3c2[C@H]2C[C@@H](NC3=O)c3nc4ccccc4n32)n1. The third kappa shape index (κ3) is 4.18. The number of nitrogens with zero attached hydrogens (tertiary/aromatic N) is 4. The van der Waals surface area contributed by atoms with Crippen LogP contribution in [0, 0.1) is 5.82 Å². The van der Waals surface area contributed by atoms with Crippen LogP contribution in [0.25, 0.3) is 22.3 Å². The number of benzene rings is 2. The smallest absolute Gasteiger partial charge is 0.419 e. The molecule has 0 spiro atoms. The van der Waals surface area contributed by atoms with Gasteiger partial charge >= 0.3 is 12.8 Å². The Kier molecular flexibility index (Phi) is 6.02. The van der Waals surface area contributed by atoms with Crippen LogP contribution in [0.2, 0.25) is 0 Å². The van der Waals surface area contributed by atoms with Crippen molar-refractivity contribution >= 4 is 22.7 Å². The highest BCUT2D eigenvalue weighted by molar-refractivity contribution is 6.00. The molecule has 15 heteroatoms. The quantitative estimate of drug-likeness (QED) is 0.263. The van der Waals surface area contributed by atoms with E-state index in [1.165, 1.54) is 0 Å². The number of aliphatic hydroxyl groups is 1. The Morgan fingerprint density at radius 1 is 1.22 bits per heavy atom. The van der Waals surface area contributed by atoms with E-state index < -0.39 is 82.4 Å². The lowest BCUT2D eigenvalue weighted by atomic mass is 9.89. The molecule has 6 rings (SSSR count). The number of ketones is 1. The molecule has 1 amide bonds. The number of nitrogens with one attached hydrogen (secondary N) is 1. The molecule has 0 radical (unpaired) electrons. The van der Waals surface area contributed by atoms with E-state index in [0.29, 0.717) is 22.9 Å². The van der Waals surface area contributed by atoms with E-state index in [1.54, 1.807) is 28.8 Å². The molecule has 41 heavy (non-hydrogen) atoms. The summed E-state index contributed by atoms with van der Waals surface area (Å²) in [6.45, 7) is -2.56. The third-order valence-electron chi connectivity index (χ3n) is 7.01. The molecule has 2 aromatic carbocycles. The second-order valence-corrected chi connectivity index (χ2v) is 9.50. The number of para-hydroxylation sites is 2. The molecule has 9 nitrogen and oxygen atoms in total. The van der Waals surface area contributed by atoms with Gasteiger partial charge in [-0.15, -0.1) is 0 Å². The number of aromatic nitrogens is 4. The van der Waals surface area contributed by atoms with E-state index in [2.05, 4.69) is 25.0 Å². The number of amides is 1. The van der Waals surface area contributed by atoms with Crippen molar-refractivity contribution in [2.75, 3.05) is 0 Å². The summed E-state index contributed by atoms with van der Waals surface area (Å²) in [5, 5.41) is 12.4. The molecule has 0 saturated carbocycles. The molecule has 0 saturated heterocycles. The minimum absolute atomic E-state index is 0.0410. The van der Waals surface area contributed by atoms with E-state index in [9.17, 15) is 36.6 Å². The number of ether oxygens (including phenoxy) is 1. The fourth-order valence-electron chi connectivity index (χ4n) is 5.36. The van der Waals surface area contributed by atoms with Crippen LogP contribution in [0.4, 0.5) is 26.3 Å². The van der Waals surface area contributed by atoms with Gasteiger partial charge in [0.1, 0.15) is 17.5 Å². The largest absolute Gasteiger partial charge is 0.432 e. The van der Waals surface area contributed by atoms with Gasteiger partial charge in [0.05, 0.1) is 28.8 Å². The van der Waals surface area contributed by atoms with Gasteiger partial charge in [-0.1, -0.05) is 12.1 Å². The monoisotopic (exact) mass is 577 g/mol. The third-order valence-corrected chi connectivity index (χ3v) is 7.01. The molecule has 2 N–H and O–H groups in total. The summed E-state index contributed by atoms with van der Waals surface area (Å²) in [4.78, 5) is 37.4. The fraction of sp³-hybridized carbons (Fsp3) is 0.269. The minimum atomic E-state index is -5.21. The molecule has 2 aliphatic heterocycles. The normalized spacial score (nSPS) is 18.6. The number of Topliss-reactive ketones (excluding diaryl/α,β-unsaturated/α-hetero) is 1. The van der Waals surface area contributed by atoms with Gasteiger partial charge in [0, 0.05) is 22.9 Å². The van der Waals surface area contributed by atoms with Crippen LogP contribution in [0.3, 0.4) is 0 Å². The molecule has 0 fully saturated rings. The lowest BCUT2D eigenvalue weighted by molar-refractivity contribution is -0.137. The Balaban J connectivity index is 1.73. The number of alkyl halides is 5. The van der Waals surface area contributed by atoms with Crippen molar-refractivity contribution in [1.82, 2.24) is 24.8 Å². The summed E-state index contributed by atoms with van der Waals surface area (Å²) in [6.07, 6.45) is -6.66. The molecule has 2 aliphatic rings. The molecule has 2 aromatic heterocycles. The minimum Gasteiger partial charge on any atom is -0.432 e. The topological polar surface area (TPSA) is 119 Å². The molecule has 4 aromatic rings. The molecule has 3 atom stereocenters. The molecule has 0 aliphatic carbocycles. The van der Waals surface area contributed by atoms with Gasteiger partial charge in [0.15, 0.2) is 17.4 Å². The van der Waals surface area contributed by atoms with E-state index in [1.807, 2.05) is 0 Å². The predicted octanol–water partition coefficient (Wildman–Crippen LogP) is 4.59. The van der Waals surface area contributed by atoms with Crippen LogP contribution in [-0.4, -0.2) is 49.0 Å². The lowest BCUT2D eigenvalue weighted by Gasteiger charge is -2.24. The van der Waals surface area contributed by atoms with Crippen LogP contribution >= 0.6 is 0 Å². The Labute approximate surface area is 225 Å². The molecule has 4 heterocycles. The summed E-state index contributed by atoms with van der Waals surface area (Å²) in [5.41, 5.74) is -3.47. The van der Waals surface area contributed by atoms with Crippen molar-refractivity contribution in [2.24, 2.45) is 0 Å². The van der Waals surface area contributed by atoms with Gasteiger partial charge in [0.2, 0.25) is 5.78 Å². The maximum absolute atomic E-state index is 16.2. The number of aliphatic hydroxyl groups excluding tert-OH is 1. The molecular formula is C26H17F6N5O4. The first kappa shape index (κ1) is 26.7. The maximum Gasteiger partial charge on any atom is 0.419 e. The zero-order valence-electron chi connectivity index (χ0n) is 20.7. The van der Waals surface area contributed by atoms with Crippen LogP contribution in [0.15, 0.2) is 36.5 Å². The molecule has 212 valence electrons. The summed E-state index contributed by atoms with van der Waals surface area (Å²) in [5.74, 6) is -5.45. The van der Waals surface area contributed by atoms with Gasteiger partial charge in [-0.25, -0.2) is 19.3 Å². The number of carbonyl (C=O) groups is 2. The first-order valence-electron chi connectivity index (χ1n) is 12.1. The van der Waals surface area contributed by atoms with Gasteiger partial charge < -0.3 is 19.7 Å². The molecular weight excluding hydrogens is 560 g/mol. The van der Waals surface area contributed by atoms with Gasteiger partial charge in [0.25, 0.3) is 5.91 Å². The van der Waals surface area contributed by atoms with Gasteiger partial charge in [-0.2, -0.15) is 22.0 Å². The van der Waals surface area contributed by atoms with Crippen molar-refractivity contribution in [3.05, 3.63) is 70.7 Å². The standard InChI is InChI=1S/C26H17F6N5O4/c1-9(38)21(39)22-33-8-11(26(30,31)32)20(36-22)18-17-10(6-16(19(18)27)41-25(28)29)24(40)35-13-7-15(17)37-14-5-3-2-4-12(14)34-23(13)37/h2-6,8-9,13,15,25,38H,7H2,1H3,(H,35,40)/t9?,13-,15-/m1/s1. The van der Waals surface area contributed by atoms with Gasteiger partial charge in [-0.05, 0) is 31.5 Å². The summed E-state index contributed by atoms with van der Waals surface area (Å²) < 4.78 is 91.4. The second-order valence-electron chi connectivity index (χ2n) is 9.50. The van der Waals surface area contributed by atoms with E-state index in [0.717, 1.165) is 6.92 Å². The number of fused-ring (bicyclic) bond motifs is 9. The number of rotatable bonds is 5. The second kappa shape index (κ2) is 9.26. The highest BCUT2D eigenvalue weighted by Crippen LogP contribution is 2.50. The van der Waals surface area contributed by atoms with Crippen LogP contribution in [-0.2, 0) is 6.18 Å². The molecule has 1 unspecified atom stereocenters. The van der Waals surface area contributed by atoms with Crippen molar-refractivity contribution in [2.45, 2.75) is 44.3 Å². The van der Waals surface area contributed by atoms with E-state index in [-0.39, 0.29) is 18.2 Å². The first-order valence-corrected chi connectivity index (χ1v) is 12.1. The Morgan fingerprint density at radius 2 is 1.95 bits per heavy atom. The number of carbonyl (C=O) groups excluding carboxylic acids is 2. The van der Waals surface area contributed by atoms with Crippen LogP contribution in [0.5, 0.6) is 5.75 Å². The number of hydrogen-bond acceptors (Lipinski definition) is 7. The van der Waals surface area contributed by atoms with Crippen LogP contribution in [0.1, 0.15) is 63.4 Å². The van der Waals surface area contributed by atoms with Crippen molar-refractivity contribution in [1.29, 1.82) is 0 Å². The Hall–Kier alpha value is -4.53. The van der Waals surface area contributed by atoms with Gasteiger partial charge in [-0.3, -0.25) is 9.59 Å². The van der Waals surface area contributed by atoms with Crippen molar-refractivity contribution < 1.29 is 45.8 Å².